The third kappa shape index (κ3) is 2.56. The summed E-state index contributed by atoms with van der Waals surface area (Å²) in [6, 6.07) is 8.83. The minimum atomic E-state index is 0. The van der Waals surface area contributed by atoms with E-state index in [0.717, 1.165) is 0 Å². The molecular weight excluding hydrogens is 378 g/mol. The second kappa shape index (κ2) is 6.57. The van der Waals surface area contributed by atoms with Crippen molar-refractivity contribution in [2.45, 2.75) is 33.6 Å². The average molecular weight is 397 g/mol. The summed E-state index contributed by atoms with van der Waals surface area (Å²) in [7, 11) is 0. The van der Waals surface area contributed by atoms with Crippen molar-refractivity contribution < 1.29 is 49.5 Å². The van der Waals surface area contributed by atoms with E-state index in [0.29, 0.717) is 5.92 Å². The van der Waals surface area contributed by atoms with Gasteiger partial charge in [-0.3, -0.25) is 0 Å². The summed E-state index contributed by atoms with van der Waals surface area (Å²) >= 11 is 1.56. The number of benzene rings is 1. The molecule has 3 heteroatoms. The molecule has 109 valence electrons. The fraction of sp³-hybridized carbons (Fsp3) is 0.333. The molecule has 1 aromatic rings. The van der Waals surface area contributed by atoms with Gasteiger partial charge in [0, 0.05) is 0 Å². The van der Waals surface area contributed by atoms with Crippen molar-refractivity contribution in [2.75, 3.05) is 0 Å². The monoisotopic (exact) mass is 395 g/mol. The minimum Gasteiger partial charge on any atom is -1.00 e. The van der Waals surface area contributed by atoms with Gasteiger partial charge in [-0.15, -0.1) is 0 Å². The molecule has 0 amide bonds. The van der Waals surface area contributed by atoms with Crippen LogP contribution in [0.15, 0.2) is 50.3 Å². The Morgan fingerprint density at radius 3 is 2.19 bits per heavy atom. The van der Waals surface area contributed by atoms with E-state index in [4.69, 9.17) is 0 Å². The van der Waals surface area contributed by atoms with Gasteiger partial charge in [0.25, 0.3) is 0 Å². The van der Waals surface area contributed by atoms with Crippen molar-refractivity contribution in [1.82, 2.24) is 0 Å². The molecule has 0 saturated carbocycles. The maximum Gasteiger partial charge on any atom is -1.00 e. The maximum atomic E-state index is 2.43. The first kappa shape index (κ1) is 19.0. The van der Waals surface area contributed by atoms with Crippen LogP contribution in [0.5, 0.6) is 0 Å². The van der Waals surface area contributed by atoms with Gasteiger partial charge in [0.05, 0.1) is 0 Å². The molecular formula is C18H19Cl2Zr. The van der Waals surface area contributed by atoms with Gasteiger partial charge in [-0.05, 0) is 0 Å². The quantitative estimate of drug-likeness (QED) is 0.569. The van der Waals surface area contributed by atoms with Crippen molar-refractivity contribution in [3.63, 3.8) is 0 Å². The first-order valence-corrected chi connectivity index (χ1v) is 8.09. The van der Waals surface area contributed by atoms with Crippen molar-refractivity contribution in [3.05, 3.63) is 61.5 Å². The second-order valence-corrected chi connectivity index (χ2v) is 7.15. The smallest absolute Gasteiger partial charge is 1.00 e. The Kier molecular flexibility index (Phi) is 5.93. The van der Waals surface area contributed by atoms with Crippen LogP contribution < -0.4 is 24.8 Å². The van der Waals surface area contributed by atoms with Gasteiger partial charge in [0.15, 0.2) is 0 Å². The second-order valence-electron chi connectivity index (χ2n) is 5.92. The molecule has 1 aromatic carbocycles. The molecule has 2 unspecified atom stereocenters. The topological polar surface area (TPSA) is 0 Å². The predicted molar refractivity (Wildman–Crippen MR) is 77.4 cm³/mol. The van der Waals surface area contributed by atoms with Crippen LogP contribution in [-0.2, 0) is 24.7 Å². The molecule has 0 radical (unpaired) electrons. The summed E-state index contributed by atoms with van der Waals surface area (Å²) in [6.07, 6.45) is 4.70. The molecule has 2 aliphatic rings. The third-order valence-corrected chi connectivity index (χ3v) is 7.42. The van der Waals surface area contributed by atoms with Crippen LogP contribution >= 0.6 is 0 Å². The zero-order valence-corrected chi connectivity index (χ0v) is 16.8. The van der Waals surface area contributed by atoms with E-state index in [1.165, 1.54) is 22.3 Å². The van der Waals surface area contributed by atoms with Crippen LogP contribution in [0.2, 0.25) is 0 Å². The zero-order chi connectivity index (χ0) is 13.8. The summed E-state index contributed by atoms with van der Waals surface area (Å²) in [4.78, 5) is 0. The first-order valence-electron chi connectivity index (χ1n) is 6.86. The Morgan fingerprint density at radius 1 is 1.00 bits per heavy atom. The summed E-state index contributed by atoms with van der Waals surface area (Å²) in [5.41, 5.74) is 7.67. The first-order chi connectivity index (χ1) is 8.98. The van der Waals surface area contributed by atoms with E-state index in [1.54, 1.807) is 33.6 Å². The van der Waals surface area contributed by atoms with E-state index < -0.39 is 0 Å². The molecule has 21 heavy (non-hydrogen) atoms. The van der Waals surface area contributed by atoms with Gasteiger partial charge in [-0.25, -0.2) is 0 Å². The van der Waals surface area contributed by atoms with Gasteiger partial charge >= 0.3 is 131 Å². The molecule has 0 heterocycles. The molecule has 0 aliphatic heterocycles. The molecule has 0 aromatic heterocycles. The summed E-state index contributed by atoms with van der Waals surface area (Å²) in [5.74, 6) is 0.505. The number of allylic oxidation sites excluding steroid dienone is 5. The molecule has 0 spiro atoms. The molecule has 0 nitrogen and oxygen atoms in total. The molecule has 0 saturated heterocycles. The largest absolute Gasteiger partial charge is 1.00 e. The van der Waals surface area contributed by atoms with Crippen molar-refractivity contribution in [1.29, 1.82) is 0 Å². The van der Waals surface area contributed by atoms with E-state index >= 15 is 0 Å². The number of hydrogen-bond donors (Lipinski definition) is 0. The van der Waals surface area contributed by atoms with Crippen LogP contribution in [0.25, 0.3) is 6.08 Å². The van der Waals surface area contributed by atoms with Crippen molar-refractivity contribution in [2.24, 2.45) is 5.41 Å². The number of rotatable bonds is 1. The van der Waals surface area contributed by atoms with Crippen molar-refractivity contribution >= 4 is 6.08 Å². The average Bonchev–Trinajstić information content (AvgIpc) is 2.92. The molecule has 0 bridgehead atoms. The Hall–Kier alpha value is -0.0969. The summed E-state index contributed by atoms with van der Waals surface area (Å²) in [5, 5.41) is 0. The van der Waals surface area contributed by atoms with Gasteiger partial charge in [0.2, 0.25) is 0 Å². The summed E-state index contributed by atoms with van der Waals surface area (Å²) < 4.78 is 1.63. The number of fused-ring (bicyclic) bond motifs is 1. The Balaban J connectivity index is 0.00000110. The standard InChI is InChI=1S/C18H19.2ClH.Zr/c1-12-11-18(4,14(3)13(12)2)17-10-9-15-7-5-6-8-16(15)17;;;/h5-10,17H,1-4H3;2*1H;/q;;;+2/p-2. The van der Waals surface area contributed by atoms with Crippen molar-refractivity contribution in [3.8, 4) is 0 Å². The van der Waals surface area contributed by atoms with Crippen LogP contribution in [0.4, 0.5) is 0 Å². The fourth-order valence-corrected chi connectivity index (χ4v) is 4.88. The van der Waals surface area contributed by atoms with Crippen LogP contribution in [0.1, 0.15) is 44.7 Å². The molecule has 2 aliphatic carbocycles. The Labute approximate surface area is 155 Å². The van der Waals surface area contributed by atoms with Crippen LogP contribution in [0.3, 0.4) is 0 Å². The fourth-order valence-electron chi connectivity index (χ4n) is 3.58. The van der Waals surface area contributed by atoms with Gasteiger partial charge in [-0.2, -0.15) is 0 Å². The maximum absolute atomic E-state index is 2.43. The Morgan fingerprint density at radius 2 is 1.62 bits per heavy atom. The van der Waals surface area contributed by atoms with E-state index in [1.807, 2.05) is 0 Å². The molecule has 3 rings (SSSR count). The van der Waals surface area contributed by atoms with E-state index in [9.17, 15) is 0 Å². The Bertz CT molecular complexity index is 629. The SMILES string of the molecule is CC1=C(C)C(C)(C2C=Cc3ccccc32)[C]([Zr+2])=C1C.[Cl-].[Cl-]. The van der Waals surface area contributed by atoms with Crippen LogP contribution in [-0.4, -0.2) is 0 Å². The molecule has 2 atom stereocenters. The summed E-state index contributed by atoms with van der Waals surface area (Å²) in [6.45, 7) is 9.33. The van der Waals surface area contributed by atoms with Gasteiger partial charge in [0.1, 0.15) is 0 Å². The third-order valence-electron chi connectivity index (χ3n) is 5.22. The van der Waals surface area contributed by atoms with Gasteiger partial charge in [-0.1, -0.05) is 0 Å². The van der Waals surface area contributed by atoms with Crippen LogP contribution in [0, 0.1) is 5.41 Å². The zero-order valence-electron chi connectivity index (χ0n) is 12.8. The normalized spacial score (nSPS) is 26.7. The number of hydrogen-bond acceptors (Lipinski definition) is 0. The molecule has 0 N–H and O–H groups in total. The number of halogens is 2. The minimum absolute atomic E-state index is 0. The van der Waals surface area contributed by atoms with E-state index in [-0.39, 0.29) is 30.2 Å². The van der Waals surface area contributed by atoms with Gasteiger partial charge < -0.3 is 24.8 Å². The predicted octanol–water partition coefficient (Wildman–Crippen LogP) is -1.02. The molecule has 0 fully saturated rings. The van der Waals surface area contributed by atoms with E-state index in [2.05, 4.69) is 64.1 Å².